The molecule has 71 heavy (non-hydrogen) atoms. The predicted octanol–water partition coefficient (Wildman–Crippen LogP) is 9.41. The SMILES string of the molecule is COC(=O)NC(C(=O)N1CCC[C@H]1c1ncc(-c2ccc3c(c2)OCc2cc(-c4ccc5nc([C@@H]6[C@H]7CC[C@H](C7)N6C(=O)[C@H](NC(=O)OC)c6cccc(C7CCCC7)c6)[nH]c5c4)ccc2-3)[nH]1)[C@@H](C)OC. The van der Waals surface area contributed by atoms with Gasteiger partial charge in [-0.15, -0.1) is 0 Å². The Morgan fingerprint density at radius 3 is 2.37 bits per heavy atom. The van der Waals surface area contributed by atoms with E-state index in [0.717, 1.165) is 112 Å². The van der Waals surface area contributed by atoms with Crippen LogP contribution in [0.1, 0.15) is 117 Å². The zero-order valence-corrected chi connectivity index (χ0v) is 40.5. The van der Waals surface area contributed by atoms with Crippen molar-refractivity contribution < 1.29 is 38.1 Å². The molecule has 2 saturated carbocycles. The van der Waals surface area contributed by atoms with Crippen LogP contribution in [-0.2, 0) is 30.4 Å². The molecule has 16 heteroatoms. The summed E-state index contributed by atoms with van der Waals surface area (Å²) < 4.78 is 21.7. The van der Waals surface area contributed by atoms with Gasteiger partial charge in [-0.25, -0.2) is 19.6 Å². The molecule has 7 atom stereocenters. The Bertz CT molecular complexity index is 3010. The number of piperidine rings is 1. The smallest absolute Gasteiger partial charge is 0.407 e. The van der Waals surface area contributed by atoms with Crippen molar-refractivity contribution in [1.82, 2.24) is 40.4 Å². The van der Waals surface area contributed by atoms with Crippen LogP contribution in [0, 0.1) is 5.92 Å². The third-order valence-electron chi connectivity index (χ3n) is 15.8. The largest absolute Gasteiger partial charge is 0.488 e. The summed E-state index contributed by atoms with van der Waals surface area (Å²) in [6.45, 7) is 2.67. The van der Waals surface area contributed by atoms with E-state index in [1.54, 1.807) is 18.0 Å². The van der Waals surface area contributed by atoms with Crippen molar-refractivity contribution >= 4 is 35.0 Å². The zero-order chi connectivity index (χ0) is 48.9. The van der Waals surface area contributed by atoms with E-state index in [0.29, 0.717) is 24.9 Å². The molecule has 4 N–H and O–H groups in total. The first-order valence-electron chi connectivity index (χ1n) is 25.0. The number of ether oxygens (including phenoxy) is 4. The molecule has 4 aromatic carbocycles. The van der Waals surface area contributed by atoms with Crippen molar-refractivity contribution in [3.8, 4) is 39.3 Å². The molecule has 2 aliphatic carbocycles. The van der Waals surface area contributed by atoms with Crippen LogP contribution < -0.4 is 15.4 Å². The lowest BCUT2D eigenvalue weighted by Gasteiger charge is -2.36. The minimum absolute atomic E-state index is 0.0600. The summed E-state index contributed by atoms with van der Waals surface area (Å²) in [5.74, 6) is 2.54. The third kappa shape index (κ3) is 8.65. The molecule has 2 aromatic heterocycles. The average Bonchev–Trinajstić information content (AvgIpc) is 4.28. The Hall–Kier alpha value is -7.20. The molecular formula is C55H60N8O8. The summed E-state index contributed by atoms with van der Waals surface area (Å²) in [5.41, 5.74) is 10.7. The van der Waals surface area contributed by atoms with E-state index in [9.17, 15) is 19.2 Å². The number of likely N-dealkylation sites (tertiary alicyclic amines) is 2. The number of hydrogen-bond donors (Lipinski definition) is 4. The maximum absolute atomic E-state index is 14.9. The van der Waals surface area contributed by atoms with Gasteiger partial charge in [-0.2, -0.15) is 0 Å². The zero-order valence-electron chi connectivity index (χ0n) is 40.5. The van der Waals surface area contributed by atoms with Gasteiger partial charge in [0.15, 0.2) is 0 Å². The predicted molar refractivity (Wildman–Crippen MR) is 265 cm³/mol. The lowest BCUT2D eigenvalue weighted by Crippen LogP contribution is -2.54. The summed E-state index contributed by atoms with van der Waals surface area (Å²) >= 11 is 0. The van der Waals surface area contributed by atoms with Crippen LogP contribution in [0.4, 0.5) is 9.59 Å². The van der Waals surface area contributed by atoms with E-state index in [4.69, 9.17) is 28.9 Å². The Kier molecular flexibility index (Phi) is 12.5. The number of amides is 4. The van der Waals surface area contributed by atoms with E-state index in [1.807, 2.05) is 29.2 Å². The molecule has 5 heterocycles. The van der Waals surface area contributed by atoms with Crippen LogP contribution in [0.3, 0.4) is 0 Å². The van der Waals surface area contributed by atoms with Crippen molar-refractivity contribution in [3.05, 3.63) is 113 Å². The van der Waals surface area contributed by atoms with E-state index < -0.39 is 30.4 Å². The number of nitrogens with one attached hydrogen (secondary N) is 4. The molecule has 0 radical (unpaired) electrons. The average molecular weight is 961 g/mol. The maximum atomic E-state index is 14.9. The van der Waals surface area contributed by atoms with Crippen molar-refractivity contribution in [1.29, 1.82) is 0 Å². The Morgan fingerprint density at radius 1 is 0.775 bits per heavy atom. The van der Waals surface area contributed by atoms with Crippen LogP contribution in [-0.4, -0.2) is 99.8 Å². The Morgan fingerprint density at radius 2 is 1.55 bits per heavy atom. The lowest BCUT2D eigenvalue weighted by molar-refractivity contribution is -0.138. The Labute approximate surface area is 412 Å². The molecule has 16 nitrogen and oxygen atoms in total. The van der Waals surface area contributed by atoms with Gasteiger partial charge in [-0.3, -0.25) is 9.59 Å². The molecule has 368 valence electrons. The van der Waals surface area contributed by atoms with E-state index in [2.05, 4.69) is 75.2 Å². The van der Waals surface area contributed by atoms with Crippen molar-refractivity contribution in [3.63, 3.8) is 0 Å². The number of carbonyl (C=O) groups is 4. The van der Waals surface area contributed by atoms with Crippen LogP contribution in [0.5, 0.6) is 5.75 Å². The number of imidazole rings is 2. The summed E-state index contributed by atoms with van der Waals surface area (Å²) in [5, 5.41) is 5.54. The molecule has 4 fully saturated rings. The van der Waals surface area contributed by atoms with Gasteiger partial charge in [0.1, 0.15) is 36.1 Å². The fourth-order valence-corrected chi connectivity index (χ4v) is 12.1. The number of benzene rings is 4. The van der Waals surface area contributed by atoms with Crippen LogP contribution in [0.25, 0.3) is 44.5 Å². The second kappa shape index (κ2) is 19.2. The van der Waals surface area contributed by atoms with Gasteiger partial charge in [-0.1, -0.05) is 61.4 Å². The normalized spacial score (nSPS) is 21.6. The molecule has 0 spiro atoms. The standard InChI is InChI=1S/C55H60N8O8/c1-30(68-2)47(60-54(66)69-3)52(64)62-22-8-13-45(62)50-56-28-44(59-50)35-16-20-41-40-19-15-33(24-38(40)29-71-46(41)27-35)34-17-21-42-43(26-34)58-51(57-42)49-37-14-18-39(25-37)63(49)53(65)48(61-55(67)70-4)36-12-7-11-32(23-36)31-9-5-6-10-31/h7,11-12,15-17,19-21,23-24,26-28,30-31,37,39,45,47-49H,5-6,8-10,13-14,18,22,25,29H2,1-4H3,(H,56,59)(H,57,58)(H,60,66)(H,61,67)/t30-,37+,39-,45+,47?,48-,49+/m1/s1. The molecular weight excluding hydrogens is 901 g/mol. The number of alkyl carbamates (subject to hydrolysis) is 2. The second-order valence-electron chi connectivity index (χ2n) is 19.8. The number of hydrogen-bond acceptors (Lipinski definition) is 10. The highest BCUT2D eigenvalue weighted by molar-refractivity contribution is 5.89. The number of rotatable bonds is 12. The number of aromatic amines is 2. The molecule has 6 aromatic rings. The molecule has 3 aliphatic heterocycles. The van der Waals surface area contributed by atoms with Gasteiger partial charge in [0.2, 0.25) is 5.91 Å². The first kappa shape index (κ1) is 46.2. The summed E-state index contributed by atoms with van der Waals surface area (Å²) in [6.07, 6.45) is 8.93. The summed E-state index contributed by atoms with van der Waals surface area (Å²) in [7, 11) is 4.09. The molecule has 5 aliphatic rings. The third-order valence-corrected chi connectivity index (χ3v) is 15.8. The van der Waals surface area contributed by atoms with E-state index in [1.165, 1.54) is 39.7 Å². The maximum Gasteiger partial charge on any atom is 0.407 e. The summed E-state index contributed by atoms with van der Waals surface area (Å²) in [4.78, 5) is 74.2. The highest BCUT2D eigenvalue weighted by Gasteiger charge is 2.51. The van der Waals surface area contributed by atoms with Crippen LogP contribution >= 0.6 is 0 Å². The van der Waals surface area contributed by atoms with Crippen molar-refractivity contribution in [2.24, 2.45) is 5.92 Å². The van der Waals surface area contributed by atoms with Crippen LogP contribution in [0.15, 0.2) is 85.1 Å². The number of nitrogens with zero attached hydrogens (tertiary/aromatic N) is 4. The van der Waals surface area contributed by atoms with Gasteiger partial charge in [-0.05, 0) is 127 Å². The summed E-state index contributed by atoms with van der Waals surface area (Å²) in [6, 6.07) is 24.8. The monoisotopic (exact) mass is 960 g/mol. The van der Waals surface area contributed by atoms with Crippen molar-refractivity contribution in [2.75, 3.05) is 27.9 Å². The quantitative estimate of drug-likeness (QED) is 0.0919. The van der Waals surface area contributed by atoms with Gasteiger partial charge in [0.05, 0.1) is 55.3 Å². The number of H-pyrrole nitrogens is 2. The lowest BCUT2D eigenvalue weighted by atomic mass is 9.92. The van der Waals surface area contributed by atoms with Gasteiger partial charge in [0, 0.05) is 30.8 Å². The highest BCUT2D eigenvalue weighted by atomic mass is 16.5. The second-order valence-corrected chi connectivity index (χ2v) is 19.8. The highest BCUT2D eigenvalue weighted by Crippen LogP contribution is 2.51. The minimum atomic E-state index is -0.912. The number of methoxy groups -OCH3 is 3. The van der Waals surface area contributed by atoms with E-state index in [-0.39, 0.29) is 35.9 Å². The molecule has 1 unspecified atom stereocenters. The fourth-order valence-electron chi connectivity index (χ4n) is 12.1. The van der Waals surface area contributed by atoms with Crippen LogP contribution in [0.2, 0.25) is 0 Å². The first-order valence-corrected chi connectivity index (χ1v) is 25.0. The number of fused-ring (bicyclic) bond motifs is 6. The van der Waals surface area contributed by atoms with Gasteiger partial charge in [0.25, 0.3) is 5.91 Å². The fraction of sp³-hybridized carbons (Fsp3) is 0.418. The van der Waals surface area contributed by atoms with E-state index >= 15 is 0 Å². The molecule has 11 rings (SSSR count). The van der Waals surface area contributed by atoms with Crippen molar-refractivity contribution in [2.45, 2.75) is 114 Å². The molecule has 2 saturated heterocycles. The van der Waals surface area contributed by atoms with Gasteiger partial charge < -0.3 is 49.3 Å². The minimum Gasteiger partial charge on any atom is -0.488 e. The molecule has 2 bridgehead atoms. The Balaban J connectivity index is 0.810. The molecule has 4 amide bonds. The number of carbonyl (C=O) groups excluding carboxylic acids is 4. The number of aromatic nitrogens is 4. The topological polar surface area (TPSA) is 193 Å². The van der Waals surface area contributed by atoms with Gasteiger partial charge >= 0.3 is 12.2 Å². The first-order chi connectivity index (χ1) is 34.6.